The number of methoxy groups -OCH3 is 2. The van der Waals surface area contributed by atoms with Crippen molar-refractivity contribution in [2.45, 2.75) is 27.7 Å². The van der Waals surface area contributed by atoms with Gasteiger partial charge >= 0.3 is 0 Å². The van der Waals surface area contributed by atoms with Crippen LogP contribution in [-0.4, -0.2) is 14.2 Å². The molecule has 0 saturated heterocycles. The Kier molecular flexibility index (Phi) is 6.67. The molecule has 0 unspecified atom stereocenters. The molecule has 0 aromatic rings. The molecular formula is C12H22O3. The van der Waals surface area contributed by atoms with Crippen LogP contribution in [0.15, 0.2) is 24.0 Å². The van der Waals surface area contributed by atoms with Crippen molar-refractivity contribution in [1.82, 2.24) is 0 Å². The Hall–Kier alpha value is -1.12. The largest absolute Gasteiger partial charge is 0.498 e. The zero-order valence-corrected chi connectivity index (χ0v) is 10.5. The minimum absolute atomic E-state index is 0.313. The third kappa shape index (κ3) is 5.35. The zero-order valence-electron chi connectivity index (χ0n) is 10.5. The van der Waals surface area contributed by atoms with Crippen LogP contribution in [-0.2, 0) is 14.2 Å². The van der Waals surface area contributed by atoms with Crippen LogP contribution >= 0.6 is 0 Å². The van der Waals surface area contributed by atoms with Crippen molar-refractivity contribution in [2.24, 2.45) is 11.8 Å². The predicted molar refractivity (Wildman–Crippen MR) is 60.9 cm³/mol. The number of hydrogen-bond donors (Lipinski definition) is 0. The smallest absolute Gasteiger partial charge is 0.133 e. The Bertz CT molecular complexity index is 203. The number of rotatable bonds is 6. The summed E-state index contributed by atoms with van der Waals surface area (Å²) < 4.78 is 15.6. The van der Waals surface area contributed by atoms with Gasteiger partial charge in [-0.25, -0.2) is 0 Å². The van der Waals surface area contributed by atoms with E-state index in [0.717, 1.165) is 11.5 Å². The lowest BCUT2D eigenvalue weighted by Gasteiger charge is -2.10. The van der Waals surface area contributed by atoms with Crippen molar-refractivity contribution in [3.05, 3.63) is 24.0 Å². The van der Waals surface area contributed by atoms with E-state index in [-0.39, 0.29) is 0 Å². The van der Waals surface area contributed by atoms with Gasteiger partial charge in [-0.3, -0.25) is 0 Å². The van der Waals surface area contributed by atoms with E-state index in [9.17, 15) is 0 Å². The van der Waals surface area contributed by atoms with E-state index >= 15 is 0 Å². The number of allylic oxidation sites excluding steroid dienone is 2. The SMILES string of the molecule is COC(=COC=C(OC)C(C)C)C(C)C. The van der Waals surface area contributed by atoms with E-state index in [4.69, 9.17) is 14.2 Å². The van der Waals surface area contributed by atoms with Gasteiger partial charge in [0.2, 0.25) is 0 Å². The molecule has 0 aliphatic heterocycles. The molecule has 3 nitrogen and oxygen atoms in total. The summed E-state index contributed by atoms with van der Waals surface area (Å²) in [6, 6.07) is 0. The number of ether oxygens (including phenoxy) is 3. The molecule has 15 heavy (non-hydrogen) atoms. The maximum atomic E-state index is 5.29. The fourth-order valence-corrected chi connectivity index (χ4v) is 1.01. The van der Waals surface area contributed by atoms with Crippen LogP contribution in [0.5, 0.6) is 0 Å². The van der Waals surface area contributed by atoms with Gasteiger partial charge in [0, 0.05) is 11.8 Å². The molecule has 0 fully saturated rings. The second-order valence-corrected chi connectivity index (χ2v) is 3.89. The van der Waals surface area contributed by atoms with Gasteiger partial charge in [0.25, 0.3) is 0 Å². The van der Waals surface area contributed by atoms with Crippen LogP contribution in [0.4, 0.5) is 0 Å². The highest BCUT2D eigenvalue weighted by Gasteiger charge is 2.04. The third-order valence-electron chi connectivity index (χ3n) is 1.98. The third-order valence-corrected chi connectivity index (χ3v) is 1.98. The summed E-state index contributed by atoms with van der Waals surface area (Å²) in [5.74, 6) is 2.25. The minimum atomic E-state index is 0.313. The van der Waals surface area contributed by atoms with Gasteiger partial charge in [-0.2, -0.15) is 0 Å². The molecule has 0 saturated carbocycles. The quantitative estimate of drug-likeness (QED) is 0.635. The first kappa shape index (κ1) is 13.9. The van der Waals surface area contributed by atoms with Gasteiger partial charge in [0.15, 0.2) is 0 Å². The average molecular weight is 214 g/mol. The van der Waals surface area contributed by atoms with Gasteiger partial charge in [-0.15, -0.1) is 0 Å². The Labute approximate surface area is 92.7 Å². The van der Waals surface area contributed by atoms with Crippen LogP contribution in [0.2, 0.25) is 0 Å². The van der Waals surface area contributed by atoms with Crippen molar-refractivity contribution < 1.29 is 14.2 Å². The standard InChI is InChI=1S/C12H22O3/c1-9(2)11(13-5)7-15-8-12(14-6)10(3)4/h7-10H,1-6H3. The molecule has 0 rings (SSSR count). The zero-order chi connectivity index (χ0) is 11.8. The first-order valence-corrected chi connectivity index (χ1v) is 5.16. The second-order valence-electron chi connectivity index (χ2n) is 3.89. The summed E-state index contributed by atoms with van der Waals surface area (Å²) in [5, 5.41) is 0. The normalized spacial score (nSPS) is 13.3. The average Bonchev–Trinajstić information content (AvgIpc) is 2.17. The number of hydrogen-bond acceptors (Lipinski definition) is 3. The molecule has 0 aliphatic rings. The van der Waals surface area contributed by atoms with Crippen molar-refractivity contribution >= 4 is 0 Å². The molecule has 0 amide bonds. The van der Waals surface area contributed by atoms with Gasteiger partial charge in [0.05, 0.1) is 14.2 Å². The summed E-state index contributed by atoms with van der Waals surface area (Å²) in [4.78, 5) is 0. The van der Waals surface area contributed by atoms with Gasteiger partial charge in [0.1, 0.15) is 24.0 Å². The van der Waals surface area contributed by atoms with Crippen LogP contribution in [0, 0.1) is 11.8 Å². The lowest BCUT2D eigenvalue weighted by Crippen LogP contribution is -1.99. The maximum Gasteiger partial charge on any atom is 0.133 e. The molecule has 0 heterocycles. The van der Waals surface area contributed by atoms with Crippen molar-refractivity contribution in [1.29, 1.82) is 0 Å². The summed E-state index contributed by atoms with van der Waals surface area (Å²) in [5.41, 5.74) is 0. The van der Waals surface area contributed by atoms with E-state index in [0.29, 0.717) is 11.8 Å². The highest BCUT2D eigenvalue weighted by atomic mass is 16.5. The summed E-state index contributed by atoms with van der Waals surface area (Å²) in [6.45, 7) is 8.17. The first-order valence-electron chi connectivity index (χ1n) is 5.16. The molecule has 0 bridgehead atoms. The van der Waals surface area contributed by atoms with Crippen LogP contribution in [0.1, 0.15) is 27.7 Å². The molecule has 0 aromatic heterocycles. The minimum Gasteiger partial charge on any atom is -0.498 e. The van der Waals surface area contributed by atoms with Gasteiger partial charge < -0.3 is 14.2 Å². The van der Waals surface area contributed by atoms with E-state index in [1.165, 1.54) is 0 Å². The lowest BCUT2D eigenvalue weighted by atomic mass is 10.2. The van der Waals surface area contributed by atoms with E-state index in [1.54, 1.807) is 26.7 Å². The van der Waals surface area contributed by atoms with Crippen LogP contribution in [0.25, 0.3) is 0 Å². The Morgan fingerprint density at radius 3 is 1.33 bits per heavy atom. The van der Waals surface area contributed by atoms with Gasteiger partial charge in [-0.1, -0.05) is 27.7 Å². The molecule has 0 aromatic carbocycles. The lowest BCUT2D eigenvalue weighted by molar-refractivity contribution is 0.210. The molecule has 0 spiro atoms. The fourth-order valence-electron chi connectivity index (χ4n) is 1.01. The molecule has 3 heteroatoms. The predicted octanol–water partition coefficient (Wildman–Crippen LogP) is 3.29. The topological polar surface area (TPSA) is 27.7 Å². The van der Waals surface area contributed by atoms with Crippen molar-refractivity contribution in [3.8, 4) is 0 Å². The van der Waals surface area contributed by atoms with E-state index in [1.807, 2.05) is 27.7 Å². The monoisotopic (exact) mass is 214 g/mol. The maximum absolute atomic E-state index is 5.29. The van der Waals surface area contributed by atoms with Crippen molar-refractivity contribution in [3.63, 3.8) is 0 Å². The highest BCUT2D eigenvalue weighted by Crippen LogP contribution is 2.12. The molecule has 0 aliphatic carbocycles. The second kappa shape index (κ2) is 7.21. The molecule has 88 valence electrons. The van der Waals surface area contributed by atoms with Crippen LogP contribution in [0.3, 0.4) is 0 Å². The van der Waals surface area contributed by atoms with E-state index < -0.39 is 0 Å². The summed E-state index contributed by atoms with van der Waals surface area (Å²) >= 11 is 0. The molecular weight excluding hydrogens is 192 g/mol. The molecule has 0 atom stereocenters. The summed E-state index contributed by atoms with van der Waals surface area (Å²) in [7, 11) is 3.27. The van der Waals surface area contributed by atoms with E-state index in [2.05, 4.69) is 0 Å². The van der Waals surface area contributed by atoms with Crippen LogP contribution < -0.4 is 0 Å². The van der Waals surface area contributed by atoms with Crippen molar-refractivity contribution in [2.75, 3.05) is 14.2 Å². The Morgan fingerprint density at radius 1 is 0.800 bits per heavy atom. The Morgan fingerprint density at radius 2 is 1.13 bits per heavy atom. The Balaban J connectivity index is 4.35. The fraction of sp³-hybridized carbons (Fsp3) is 0.667. The molecule has 0 radical (unpaired) electrons. The van der Waals surface area contributed by atoms with Gasteiger partial charge in [-0.05, 0) is 0 Å². The first-order chi connectivity index (χ1) is 7.02. The highest BCUT2D eigenvalue weighted by molar-refractivity contribution is 4.95. The summed E-state index contributed by atoms with van der Waals surface area (Å²) in [6.07, 6.45) is 3.21. The molecule has 0 N–H and O–H groups in total.